The summed E-state index contributed by atoms with van der Waals surface area (Å²) in [5.74, 6) is -0.800. The molecule has 3 aromatic rings. The second-order valence-corrected chi connectivity index (χ2v) is 8.24. The number of carbonyl (C=O) groups is 1. The molecular weight excluding hydrogens is 398 g/mol. The van der Waals surface area contributed by atoms with Crippen LogP contribution in [0.3, 0.4) is 0 Å². The van der Waals surface area contributed by atoms with Crippen LogP contribution in [0.2, 0.25) is 0 Å². The van der Waals surface area contributed by atoms with Crippen LogP contribution in [0, 0.1) is 0 Å². The van der Waals surface area contributed by atoms with Crippen LogP contribution in [-0.4, -0.2) is 29.3 Å². The number of aliphatic carboxylic acids is 1. The largest absolute Gasteiger partial charge is 0.480 e. The topological polar surface area (TPSA) is 69.6 Å². The summed E-state index contributed by atoms with van der Waals surface area (Å²) in [6.07, 6.45) is 3.90. The van der Waals surface area contributed by atoms with Crippen molar-refractivity contribution in [1.29, 1.82) is 0 Å². The first-order valence-corrected chi connectivity index (χ1v) is 11.4. The second-order valence-electron chi connectivity index (χ2n) is 8.24. The quantitative estimate of drug-likeness (QED) is 0.320. The summed E-state index contributed by atoms with van der Waals surface area (Å²) in [5, 5.41) is 23.8. The Morgan fingerprint density at radius 3 is 1.78 bits per heavy atom. The van der Waals surface area contributed by atoms with Gasteiger partial charge in [-0.05, 0) is 36.1 Å². The van der Waals surface area contributed by atoms with Crippen molar-refractivity contribution in [3.8, 4) is 0 Å². The third-order valence-electron chi connectivity index (χ3n) is 6.08. The van der Waals surface area contributed by atoms with Crippen LogP contribution in [-0.2, 0) is 10.2 Å². The van der Waals surface area contributed by atoms with Gasteiger partial charge in [-0.3, -0.25) is 4.79 Å². The molecule has 0 amide bonds. The molecular formula is C28H33NO3. The molecule has 1 atom stereocenters. The molecule has 0 heterocycles. The Morgan fingerprint density at radius 1 is 0.750 bits per heavy atom. The molecule has 32 heavy (non-hydrogen) atoms. The van der Waals surface area contributed by atoms with Gasteiger partial charge in [0.15, 0.2) is 0 Å². The van der Waals surface area contributed by atoms with E-state index in [1.54, 1.807) is 0 Å². The lowest BCUT2D eigenvalue weighted by Gasteiger charge is -2.31. The minimum Gasteiger partial charge on any atom is -0.480 e. The molecule has 0 bridgehead atoms. The van der Waals surface area contributed by atoms with Gasteiger partial charge in [-0.25, -0.2) is 0 Å². The molecule has 1 unspecified atom stereocenters. The molecule has 0 spiro atoms. The van der Waals surface area contributed by atoms with E-state index in [1.807, 2.05) is 91.0 Å². The molecule has 4 nitrogen and oxygen atoms in total. The highest BCUT2D eigenvalue weighted by molar-refractivity contribution is 5.86. The highest BCUT2D eigenvalue weighted by Gasteiger charge is 2.41. The highest BCUT2D eigenvalue weighted by Crippen LogP contribution is 2.37. The number of nitrogens with one attached hydrogen (secondary N) is 1. The predicted molar refractivity (Wildman–Crippen MR) is 129 cm³/mol. The smallest absolute Gasteiger partial charge is 0.318 e. The van der Waals surface area contributed by atoms with Crippen molar-refractivity contribution in [3.63, 3.8) is 0 Å². The molecule has 0 aliphatic heterocycles. The van der Waals surface area contributed by atoms with E-state index in [4.69, 9.17) is 0 Å². The number of hydrogen-bond acceptors (Lipinski definition) is 3. The molecule has 0 saturated heterocycles. The van der Waals surface area contributed by atoms with E-state index >= 15 is 0 Å². The van der Waals surface area contributed by atoms with Gasteiger partial charge in [0.2, 0.25) is 0 Å². The lowest BCUT2D eigenvalue weighted by Crippen LogP contribution is -2.37. The van der Waals surface area contributed by atoms with Gasteiger partial charge in [0, 0.05) is 6.54 Å². The average Bonchev–Trinajstić information content (AvgIpc) is 2.84. The zero-order valence-corrected chi connectivity index (χ0v) is 18.5. The maximum atomic E-state index is 12.6. The van der Waals surface area contributed by atoms with Crippen molar-refractivity contribution in [2.24, 2.45) is 0 Å². The van der Waals surface area contributed by atoms with Gasteiger partial charge in [-0.2, -0.15) is 0 Å². The van der Waals surface area contributed by atoms with Crippen molar-refractivity contribution in [1.82, 2.24) is 5.32 Å². The van der Waals surface area contributed by atoms with Crippen molar-refractivity contribution >= 4 is 5.97 Å². The van der Waals surface area contributed by atoms with Crippen molar-refractivity contribution in [2.75, 3.05) is 13.1 Å². The fraction of sp³-hybridized carbons (Fsp3) is 0.321. The van der Waals surface area contributed by atoms with Gasteiger partial charge >= 0.3 is 5.97 Å². The van der Waals surface area contributed by atoms with Crippen LogP contribution in [0.1, 0.15) is 54.9 Å². The standard InChI is InChI=1S/C28H33NO3/c30-26(23-14-6-3-7-15-23)22-29-21-13-2-1-12-20-28(27(31)32,24-16-8-4-9-17-24)25-18-10-5-11-19-25/h3-11,14-19,26,29-30H,1-2,12-13,20-22H2,(H,31,32). The molecule has 0 aromatic heterocycles. The van der Waals surface area contributed by atoms with E-state index in [2.05, 4.69) is 5.32 Å². The van der Waals surface area contributed by atoms with Crippen LogP contribution in [0.15, 0.2) is 91.0 Å². The minimum absolute atomic E-state index is 0.496. The van der Waals surface area contributed by atoms with E-state index in [0.717, 1.165) is 48.9 Å². The van der Waals surface area contributed by atoms with Gasteiger partial charge in [0.25, 0.3) is 0 Å². The summed E-state index contributed by atoms with van der Waals surface area (Å²) in [6.45, 7) is 1.37. The normalized spacial score (nSPS) is 12.4. The fourth-order valence-corrected chi connectivity index (χ4v) is 4.28. The number of carboxylic acid groups (broad SMARTS) is 1. The summed E-state index contributed by atoms with van der Waals surface area (Å²) in [4.78, 5) is 12.6. The third-order valence-corrected chi connectivity index (χ3v) is 6.08. The van der Waals surface area contributed by atoms with Gasteiger partial charge < -0.3 is 15.5 Å². The summed E-state index contributed by atoms with van der Waals surface area (Å²) < 4.78 is 0. The first-order valence-electron chi connectivity index (χ1n) is 11.4. The summed E-state index contributed by atoms with van der Waals surface area (Å²) in [7, 11) is 0. The summed E-state index contributed by atoms with van der Waals surface area (Å²) in [6, 6.07) is 28.8. The van der Waals surface area contributed by atoms with E-state index < -0.39 is 17.5 Å². The monoisotopic (exact) mass is 431 g/mol. The maximum Gasteiger partial charge on any atom is 0.318 e. The summed E-state index contributed by atoms with van der Waals surface area (Å²) in [5.41, 5.74) is 1.55. The van der Waals surface area contributed by atoms with Crippen molar-refractivity contribution < 1.29 is 15.0 Å². The SMILES string of the molecule is O=C(O)C(CCCCCCNCC(O)c1ccccc1)(c1ccccc1)c1ccccc1. The zero-order chi connectivity index (χ0) is 22.7. The number of carboxylic acids is 1. The van der Waals surface area contributed by atoms with Crippen LogP contribution in [0.5, 0.6) is 0 Å². The van der Waals surface area contributed by atoms with Crippen LogP contribution >= 0.6 is 0 Å². The molecule has 3 rings (SSSR count). The maximum absolute atomic E-state index is 12.6. The number of rotatable bonds is 13. The molecule has 0 saturated carbocycles. The Hall–Kier alpha value is -2.95. The second kappa shape index (κ2) is 12.2. The van der Waals surface area contributed by atoms with Crippen LogP contribution < -0.4 is 5.32 Å². The number of hydrogen-bond donors (Lipinski definition) is 3. The lowest BCUT2D eigenvalue weighted by molar-refractivity contribution is -0.142. The molecule has 0 fully saturated rings. The Balaban J connectivity index is 1.49. The van der Waals surface area contributed by atoms with Gasteiger partial charge in [-0.15, -0.1) is 0 Å². The average molecular weight is 432 g/mol. The molecule has 0 aliphatic carbocycles. The Labute approximate surface area is 190 Å². The molecule has 168 valence electrons. The molecule has 3 N–H and O–H groups in total. The fourth-order valence-electron chi connectivity index (χ4n) is 4.28. The lowest BCUT2D eigenvalue weighted by atomic mass is 9.71. The zero-order valence-electron chi connectivity index (χ0n) is 18.5. The number of aliphatic hydroxyl groups excluding tert-OH is 1. The molecule has 4 heteroatoms. The van der Waals surface area contributed by atoms with Gasteiger partial charge in [0.1, 0.15) is 5.41 Å². The Morgan fingerprint density at radius 2 is 1.25 bits per heavy atom. The number of benzene rings is 3. The van der Waals surface area contributed by atoms with E-state index in [9.17, 15) is 15.0 Å². The first-order chi connectivity index (χ1) is 15.6. The molecule has 0 aliphatic rings. The van der Waals surface area contributed by atoms with E-state index in [0.29, 0.717) is 13.0 Å². The Bertz CT molecular complexity index is 889. The first kappa shape index (κ1) is 23.7. The predicted octanol–water partition coefficient (Wildman–Crippen LogP) is 5.33. The van der Waals surface area contributed by atoms with E-state index in [-0.39, 0.29) is 0 Å². The molecule has 0 radical (unpaired) electrons. The number of aliphatic hydroxyl groups is 1. The van der Waals surface area contributed by atoms with Gasteiger partial charge in [0.05, 0.1) is 6.10 Å². The van der Waals surface area contributed by atoms with Crippen LogP contribution in [0.4, 0.5) is 0 Å². The Kier molecular flexibility index (Phi) is 9.02. The van der Waals surface area contributed by atoms with Gasteiger partial charge in [-0.1, -0.05) is 110 Å². The molecule has 3 aromatic carbocycles. The van der Waals surface area contributed by atoms with E-state index in [1.165, 1.54) is 0 Å². The van der Waals surface area contributed by atoms with Crippen molar-refractivity contribution in [3.05, 3.63) is 108 Å². The van der Waals surface area contributed by atoms with Crippen LogP contribution in [0.25, 0.3) is 0 Å². The van der Waals surface area contributed by atoms with Crippen molar-refractivity contribution in [2.45, 2.75) is 43.6 Å². The minimum atomic E-state index is -1.03. The summed E-state index contributed by atoms with van der Waals surface area (Å²) >= 11 is 0. The highest BCUT2D eigenvalue weighted by atomic mass is 16.4. The number of unbranched alkanes of at least 4 members (excludes halogenated alkanes) is 3. The third kappa shape index (κ3) is 6.06.